The van der Waals surface area contributed by atoms with E-state index in [0.717, 1.165) is 17.8 Å². The van der Waals surface area contributed by atoms with E-state index in [9.17, 15) is 19.2 Å². The second-order valence-electron chi connectivity index (χ2n) is 6.48. The molecule has 0 bridgehead atoms. The molecule has 166 valence electrons. The summed E-state index contributed by atoms with van der Waals surface area (Å²) in [5.74, 6) is -1.47. The number of amidine groups is 1. The molecule has 1 N–H and O–H groups in total. The first-order valence-electron chi connectivity index (χ1n) is 9.34. The molecule has 32 heavy (non-hydrogen) atoms. The van der Waals surface area contributed by atoms with Crippen molar-refractivity contribution < 1.29 is 23.9 Å². The highest BCUT2D eigenvalue weighted by atomic mass is 32.2. The lowest BCUT2D eigenvalue weighted by atomic mass is 10.2. The lowest BCUT2D eigenvalue weighted by Gasteiger charge is -2.13. The van der Waals surface area contributed by atoms with Gasteiger partial charge in [0.15, 0.2) is 11.8 Å². The first-order chi connectivity index (χ1) is 15.3. The zero-order chi connectivity index (χ0) is 23.3. The van der Waals surface area contributed by atoms with Crippen molar-refractivity contribution in [2.45, 2.75) is 0 Å². The molecule has 3 rings (SSSR count). The zero-order valence-corrected chi connectivity index (χ0v) is 18.2. The summed E-state index contributed by atoms with van der Waals surface area (Å²) in [5.41, 5.74) is 2.71. The Morgan fingerprint density at radius 2 is 2.03 bits per heavy atom. The average molecular weight is 456 g/mol. The number of para-hydroxylation sites is 1. The number of hydrogen-bond donors (Lipinski definition) is 1. The third kappa shape index (κ3) is 4.89. The molecule has 1 aromatic carbocycles. The van der Waals surface area contributed by atoms with Crippen LogP contribution in [-0.4, -0.2) is 52.7 Å². The van der Waals surface area contributed by atoms with Crippen LogP contribution < -0.4 is 15.7 Å². The Balaban J connectivity index is 1.72. The number of thioether (sulfide) groups is 1. The Bertz CT molecular complexity index is 1220. The van der Waals surface area contributed by atoms with Crippen LogP contribution in [0.4, 0.5) is 0 Å². The first-order valence-corrected chi connectivity index (χ1v) is 10.2. The van der Waals surface area contributed by atoms with Gasteiger partial charge in [0.05, 0.1) is 17.5 Å². The minimum Gasteiger partial charge on any atom is -0.483 e. The molecule has 0 unspecified atom stereocenters. The van der Waals surface area contributed by atoms with E-state index in [1.165, 1.54) is 28.7 Å². The summed E-state index contributed by atoms with van der Waals surface area (Å²) in [6, 6.07) is 8.46. The van der Waals surface area contributed by atoms with Gasteiger partial charge in [-0.2, -0.15) is 0 Å². The van der Waals surface area contributed by atoms with Crippen LogP contribution in [0, 0.1) is 0 Å². The van der Waals surface area contributed by atoms with Crippen LogP contribution in [-0.2, 0) is 26.2 Å². The number of benzene rings is 1. The fraction of sp³-hybridized carbons (Fsp3) is 0.190. The standard InChI is InChI=1S/C21H20N4O6S/c1-4-9-25-20(29)16(11-19(28)30-3)32-21(25)23-22-17(26)12-31-15-10-18(27)24(2)14-8-6-5-7-13(14)15/h4-8,10-11H,1,9,12H2,2-3H3,(H,22,26)/b16-11+,23-21+. The predicted molar refractivity (Wildman–Crippen MR) is 120 cm³/mol. The van der Waals surface area contributed by atoms with Crippen molar-refractivity contribution in [3.8, 4) is 5.75 Å². The monoisotopic (exact) mass is 456 g/mol. The maximum absolute atomic E-state index is 12.4. The van der Waals surface area contributed by atoms with Crippen LogP contribution in [0.3, 0.4) is 0 Å². The first kappa shape index (κ1) is 22.8. The quantitative estimate of drug-likeness (QED) is 0.287. The van der Waals surface area contributed by atoms with E-state index in [-0.39, 0.29) is 27.9 Å². The van der Waals surface area contributed by atoms with Crippen molar-refractivity contribution in [1.82, 2.24) is 14.9 Å². The van der Waals surface area contributed by atoms with Gasteiger partial charge >= 0.3 is 5.97 Å². The summed E-state index contributed by atoms with van der Waals surface area (Å²) in [7, 11) is 2.85. The smallest absolute Gasteiger partial charge is 0.331 e. The number of esters is 1. The molecule has 2 aromatic rings. The average Bonchev–Trinajstić information content (AvgIpc) is 3.08. The van der Waals surface area contributed by atoms with Gasteiger partial charge < -0.3 is 14.0 Å². The van der Waals surface area contributed by atoms with E-state index < -0.39 is 24.4 Å². The number of aryl methyl sites for hydroxylation is 1. The highest BCUT2D eigenvalue weighted by molar-refractivity contribution is 8.18. The Kier molecular flexibility index (Phi) is 7.11. The molecule has 0 saturated carbocycles. The highest BCUT2D eigenvalue weighted by Crippen LogP contribution is 2.30. The maximum Gasteiger partial charge on any atom is 0.331 e. The van der Waals surface area contributed by atoms with Crippen LogP contribution in [0.2, 0.25) is 0 Å². The molecule has 11 heteroatoms. The van der Waals surface area contributed by atoms with E-state index in [0.29, 0.717) is 10.9 Å². The summed E-state index contributed by atoms with van der Waals surface area (Å²) >= 11 is 0.912. The molecule has 1 aliphatic heterocycles. The second kappa shape index (κ2) is 9.96. The van der Waals surface area contributed by atoms with Crippen LogP contribution in [0.1, 0.15) is 0 Å². The number of hydrogen-bond acceptors (Lipinski definition) is 8. The van der Waals surface area contributed by atoms with E-state index in [4.69, 9.17) is 4.74 Å². The van der Waals surface area contributed by atoms with Gasteiger partial charge in [-0.15, -0.1) is 11.7 Å². The Labute approximate surface area is 187 Å². The summed E-state index contributed by atoms with van der Waals surface area (Å²) < 4.78 is 11.6. The Hall–Kier alpha value is -3.86. The molecule has 1 aromatic heterocycles. The number of ether oxygens (including phenoxy) is 2. The van der Waals surface area contributed by atoms with Gasteiger partial charge in [-0.1, -0.05) is 18.2 Å². The number of nitrogens with zero attached hydrogens (tertiary/aromatic N) is 3. The van der Waals surface area contributed by atoms with Crippen molar-refractivity contribution >= 4 is 45.6 Å². The number of hydrazone groups is 1. The Morgan fingerprint density at radius 3 is 2.75 bits per heavy atom. The van der Waals surface area contributed by atoms with Gasteiger partial charge in [0.25, 0.3) is 17.4 Å². The second-order valence-corrected chi connectivity index (χ2v) is 7.49. The number of carbonyl (C=O) groups excluding carboxylic acids is 3. The summed E-state index contributed by atoms with van der Waals surface area (Å²) in [4.78, 5) is 49.6. The van der Waals surface area contributed by atoms with Gasteiger partial charge in [0.1, 0.15) is 5.75 Å². The van der Waals surface area contributed by atoms with E-state index in [1.54, 1.807) is 31.3 Å². The molecule has 0 atom stereocenters. The normalized spacial score (nSPS) is 15.9. The van der Waals surface area contributed by atoms with Crippen molar-refractivity contribution in [1.29, 1.82) is 0 Å². The summed E-state index contributed by atoms with van der Waals surface area (Å²) in [6.07, 6.45) is 2.54. The fourth-order valence-corrected chi connectivity index (χ4v) is 3.74. The molecule has 10 nitrogen and oxygen atoms in total. The van der Waals surface area contributed by atoms with Crippen molar-refractivity contribution in [3.63, 3.8) is 0 Å². The number of methoxy groups -OCH3 is 1. The molecular formula is C21H20N4O6S. The molecule has 0 radical (unpaired) electrons. The number of amides is 2. The number of aromatic nitrogens is 1. The van der Waals surface area contributed by atoms with Gasteiger partial charge in [0, 0.05) is 31.1 Å². The lowest BCUT2D eigenvalue weighted by Crippen LogP contribution is -2.32. The van der Waals surface area contributed by atoms with Crippen LogP contribution in [0.5, 0.6) is 5.75 Å². The minimum atomic E-state index is -0.681. The summed E-state index contributed by atoms with van der Waals surface area (Å²) in [6.45, 7) is 3.32. The predicted octanol–water partition coefficient (Wildman–Crippen LogP) is 1.12. The maximum atomic E-state index is 12.4. The number of carbonyl (C=O) groups is 3. The van der Waals surface area contributed by atoms with Gasteiger partial charge in [-0.25, -0.2) is 10.2 Å². The van der Waals surface area contributed by atoms with E-state index in [1.807, 2.05) is 0 Å². The molecule has 2 amide bonds. The molecule has 0 aliphatic carbocycles. The van der Waals surface area contributed by atoms with Crippen molar-refractivity contribution in [2.75, 3.05) is 20.3 Å². The van der Waals surface area contributed by atoms with Crippen LogP contribution >= 0.6 is 11.8 Å². The number of nitrogens with one attached hydrogen (secondary N) is 1. The van der Waals surface area contributed by atoms with Crippen LogP contribution in [0.15, 0.2) is 63.9 Å². The molecule has 0 spiro atoms. The molecule has 2 heterocycles. The van der Waals surface area contributed by atoms with E-state index in [2.05, 4.69) is 21.8 Å². The van der Waals surface area contributed by atoms with Crippen LogP contribution in [0.25, 0.3) is 10.9 Å². The SMILES string of the molecule is C=CCN1C(=O)/C(=C\C(=O)OC)S/C1=N/NC(=O)COc1cc(=O)n(C)c2ccccc12. The van der Waals surface area contributed by atoms with Gasteiger partial charge in [-0.3, -0.25) is 19.3 Å². The highest BCUT2D eigenvalue weighted by Gasteiger charge is 2.33. The van der Waals surface area contributed by atoms with Gasteiger partial charge in [-0.05, 0) is 23.9 Å². The third-order valence-corrected chi connectivity index (χ3v) is 5.41. The Morgan fingerprint density at radius 1 is 1.28 bits per heavy atom. The molecule has 1 aliphatic rings. The zero-order valence-electron chi connectivity index (χ0n) is 17.4. The van der Waals surface area contributed by atoms with Gasteiger partial charge in [0.2, 0.25) is 0 Å². The minimum absolute atomic E-state index is 0.106. The van der Waals surface area contributed by atoms with Crippen molar-refractivity contribution in [2.24, 2.45) is 12.1 Å². The molecule has 1 fully saturated rings. The number of rotatable bonds is 7. The fourth-order valence-electron chi connectivity index (χ4n) is 2.83. The number of fused-ring (bicyclic) bond motifs is 1. The lowest BCUT2D eigenvalue weighted by molar-refractivity contribution is -0.135. The third-order valence-electron chi connectivity index (χ3n) is 4.40. The van der Waals surface area contributed by atoms with E-state index >= 15 is 0 Å². The molecular weight excluding hydrogens is 436 g/mol. The summed E-state index contributed by atoms with van der Waals surface area (Å²) in [5, 5.41) is 4.81. The molecule has 1 saturated heterocycles. The van der Waals surface area contributed by atoms with Crippen molar-refractivity contribution in [3.05, 3.63) is 64.3 Å². The number of pyridine rings is 1. The topological polar surface area (TPSA) is 119 Å². The largest absolute Gasteiger partial charge is 0.483 e.